The lowest BCUT2D eigenvalue weighted by Crippen LogP contribution is -2.41. The van der Waals surface area contributed by atoms with Gasteiger partial charge in [0.05, 0.1) is 12.1 Å². The molecule has 2 aromatic rings. The standard InChI is InChI=1S/C16H20ClN5O/c1-10(12-5-7-13(17)8-6-12)18-16(23)20-14-4-3-9-22-15(14)19-11(2)21-22/h5-8,10,14H,3-4,9H2,1-2H3,(H2,18,20,23). The first kappa shape index (κ1) is 15.8. The number of halogens is 1. The molecule has 3 rings (SSSR count). The fourth-order valence-corrected chi connectivity index (χ4v) is 2.96. The lowest BCUT2D eigenvalue weighted by Gasteiger charge is -2.24. The van der Waals surface area contributed by atoms with E-state index in [-0.39, 0.29) is 18.1 Å². The lowest BCUT2D eigenvalue weighted by atomic mass is 10.1. The minimum atomic E-state index is -0.202. The predicted octanol–water partition coefficient (Wildman–Crippen LogP) is 3.14. The Labute approximate surface area is 140 Å². The van der Waals surface area contributed by atoms with Gasteiger partial charge in [-0.15, -0.1) is 0 Å². The van der Waals surface area contributed by atoms with Gasteiger partial charge in [0.25, 0.3) is 0 Å². The Morgan fingerprint density at radius 3 is 2.87 bits per heavy atom. The molecule has 2 heterocycles. The number of aryl methyl sites for hydroxylation is 2. The van der Waals surface area contributed by atoms with Crippen LogP contribution in [0.25, 0.3) is 0 Å². The van der Waals surface area contributed by atoms with Crippen LogP contribution in [0.3, 0.4) is 0 Å². The number of hydrogen-bond donors (Lipinski definition) is 2. The molecule has 0 aliphatic carbocycles. The first-order valence-corrected chi connectivity index (χ1v) is 8.14. The summed E-state index contributed by atoms with van der Waals surface area (Å²) in [4.78, 5) is 16.7. The molecule has 0 spiro atoms. The van der Waals surface area contributed by atoms with E-state index in [1.54, 1.807) is 0 Å². The topological polar surface area (TPSA) is 71.8 Å². The second-order valence-corrected chi connectivity index (χ2v) is 6.26. The molecule has 0 bridgehead atoms. The molecule has 6 nitrogen and oxygen atoms in total. The third-order valence-electron chi connectivity index (χ3n) is 4.00. The maximum absolute atomic E-state index is 12.3. The van der Waals surface area contributed by atoms with Crippen molar-refractivity contribution < 1.29 is 4.79 Å². The van der Waals surface area contributed by atoms with Gasteiger partial charge in [0.15, 0.2) is 0 Å². The number of benzene rings is 1. The maximum atomic E-state index is 12.3. The molecule has 1 aliphatic heterocycles. The second-order valence-electron chi connectivity index (χ2n) is 5.83. The summed E-state index contributed by atoms with van der Waals surface area (Å²) < 4.78 is 1.88. The minimum Gasteiger partial charge on any atom is -0.332 e. The van der Waals surface area contributed by atoms with Crippen LogP contribution in [0.15, 0.2) is 24.3 Å². The monoisotopic (exact) mass is 333 g/mol. The van der Waals surface area contributed by atoms with Crippen LogP contribution in [-0.4, -0.2) is 20.8 Å². The summed E-state index contributed by atoms with van der Waals surface area (Å²) in [5, 5.41) is 11.0. The molecule has 0 saturated carbocycles. The number of carbonyl (C=O) groups excluding carboxylic acids is 1. The zero-order valence-corrected chi connectivity index (χ0v) is 14.0. The molecule has 122 valence electrons. The quantitative estimate of drug-likeness (QED) is 0.906. The Morgan fingerprint density at radius 2 is 2.13 bits per heavy atom. The maximum Gasteiger partial charge on any atom is 0.315 e. The van der Waals surface area contributed by atoms with Crippen LogP contribution >= 0.6 is 11.6 Å². The van der Waals surface area contributed by atoms with Gasteiger partial charge in [0, 0.05) is 11.6 Å². The van der Waals surface area contributed by atoms with Crippen LogP contribution in [0.4, 0.5) is 4.79 Å². The van der Waals surface area contributed by atoms with E-state index < -0.39 is 0 Å². The minimum absolute atomic E-state index is 0.0950. The smallest absolute Gasteiger partial charge is 0.315 e. The molecule has 1 aromatic carbocycles. The highest BCUT2D eigenvalue weighted by Gasteiger charge is 2.25. The highest BCUT2D eigenvalue weighted by atomic mass is 35.5. The Hall–Kier alpha value is -2.08. The lowest BCUT2D eigenvalue weighted by molar-refractivity contribution is 0.230. The summed E-state index contributed by atoms with van der Waals surface area (Å²) in [6.45, 7) is 4.67. The Bertz CT molecular complexity index is 697. The number of hydrogen-bond acceptors (Lipinski definition) is 3. The van der Waals surface area contributed by atoms with E-state index in [9.17, 15) is 4.79 Å². The summed E-state index contributed by atoms with van der Waals surface area (Å²) in [7, 11) is 0. The van der Waals surface area contributed by atoms with Gasteiger partial charge < -0.3 is 10.6 Å². The number of fused-ring (bicyclic) bond motifs is 1. The molecule has 2 atom stereocenters. The average molecular weight is 334 g/mol. The third-order valence-corrected chi connectivity index (χ3v) is 4.26. The molecule has 2 amide bonds. The number of aromatic nitrogens is 3. The average Bonchev–Trinajstić information content (AvgIpc) is 2.89. The van der Waals surface area contributed by atoms with Gasteiger partial charge in [0.1, 0.15) is 11.6 Å². The molecule has 23 heavy (non-hydrogen) atoms. The van der Waals surface area contributed by atoms with E-state index >= 15 is 0 Å². The van der Waals surface area contributed by atoms with Crippen molar-refractivity contribution in [1.82, 2.24) is 25.4 Å². The SMILES string of the molecule is Cc1nc2n(n1)CCCC2NC(=O)NC(C)c1ccc(Cl)cc1. The van der Waals surface area contributed by atoms with E-state index in [1.807, 2.05) is 42.8 Å². The van der Waals surface area contributed by atoms with Crippen molar-refractivity contribution in [2.45, 2.75) is 45.3 Å². The van der Waals surface area contributed by atoms with Crippen LogP contribution in [-0.2, 0) is 6.54 Å². The van der Waals surface area contributed by atoms with E-state index in [4.69, 9.17) is 11.6 Å². The van der Waals surface area contributed by atoms with Crippen LogP contribution in [0.2, 0.25) is 5.02 Å². The van der Waals surface area contributed by atoms with E-state index in [2.05, 4.69) is 20.7 Å². The van der Waals surface area contributed by atoms with Crippen molar-refractivity contribution in [3.63, 3.8) is 0 Å². The summed E-state index contributed by atoms with van der Waals surface area (Å²) in [5.74, 6) is 1.58. The molecule has 7 heteroatoms. The third kappa shape index (κ3) is 3.64. The summed E-state index contributed by atoms with van der Waals surface area (Å²) in [6.07, 6.45) is 1.86. The second kappa shape index (κ2) is 6.58. The van der Waals surface area contributed by atoms with Crippen molar-refractivity contribution in [3.05, 3.63) is 46.5 Å². The number of carbonyl (C=O) groups is 1. The van der Waals surface area contributed by atoms with Gasteiger partial charge in [-0.2, -0.15) is 5.10 Å². The Morgan fingerprint density at radius 1 is 1.39 bits per heavy atom. The fraction of sp³-hybridized carbons (Fsp3) is 0.438. The van der Waals surface area contributed by atoms with Gasteiger partial charge in [-0.05, 0) is 44.4 Å². The van der Waals surface area contributed by atoms with Crippen molar-refractivity contribution >= 4 is 17.6 Å². The molecule has 0 saturated heterocycles. The molecule has 2 unspecified atom stereocenters. The van der Waals surface area contributed by atoms with Gasteiger partial charge in [-0.3, -0.25) is 0 Å². The molecule has 1 aliphatic rings. The number of nitrogens with zero attached hydrogens (tertiary/aromatic N) is 3. The first-order chi connectivity index (χ1) is 11.0. The van der Waals surface area contributed by atoms with Gasteiger partial charge in [-0.25, -0.2) is 14.5 Å². The van der Waals surface area contributed by atoms with Crippen molar-refractivity contribution in [2.24, 2.45) is 0 Å². The molecule has 1 aromatic heterocycles. The number of amides is 2. The van der Waals surface area contributed by atoms with E-state index in [0.717, 1.165) is 36.6 Å². The zero-order valence-electron chi connectivity index (χ0n) is 13.2. The number of urea groups is 1. The van der Waals surface area contributed by atoms with E-state index in [1.165, 1.54) is 0 Å². The largest absolute Gasteiger partial charge is 0.332 e. The molecular weight excluding hydrogens is 314 g/mol. The molecule has 0 fully saturated rings. The van der Waals surface area contributed by atoms with Crippen LogP contribution < -0.4 is 10.6 Å². The molecule has 0 radical (unpaired) electrons. The highest BCUT2D eigenvalue weighted by Crippen LogP contribution is 2.23. The van der Waals surface area contributed by atoms with Crippen molar-refractivity contribution in [2.75, 3.05) is 0 Å². The van der Waals surface area contributed by atoms with Gasteiger partial charge >= 0.3 is 6.03 Å². The molecular formula is C16H20ClN5O. The van der Waals surface area contributed by atoms with Crippen molar-refractivity contribution in [1.29, 1.82) is 0 Å². The van der Waals surface area contributed by atoms with Gasteiger partial charge in [0.2, 0.25) is 0 Å². The predicted molar refractivity (Wildman–Crippen MR) is 88.3 cm³/mol. The first-order valence-electron chi connectivity index (χ1n) is 7.77. The summed E-state index contributed by atoms with van der Waals surface area (Å²) >= 11 is 5.89. The Kier molecular flexibility index (Phi) is 4.52. The van der Waals surface area contributed by atoms with Crippen LogP contribution in [0.1, 0.15) is 49.1 Å². The number of rotatable bonds is 3. The van der Waals surface area contributed by atoms with Crippen molar-refractivity contribution in [3.8, 4) is 0 Å². The van der Waals surface area contributed by atoms with Crippen LogP contribution in [0.5, 0.6) is 0 Å². The molecule has 2 N–H and O–H groups in total. The van der Waals surface area contributed by atoms with E-state index in [0.29, 0.717) is 5.02 Å². The number of nitrogens with one attached hydrogen (secondary N) is 2. The highest BCUT2D eigenvalue weighted by molar-refractivity contribution is 6.30. The normalized spacial score (nSPS) is 18.1. The zero-order chi connectivity index (χ0) is 16.4. The fourth-order valence-electron chi connectivity index (χ4n) is 2.84. The summed E-state index contributed by atoms with van der Waals surface area (Å²) in [5.41, 5.74) is 1.01. The summed E-state index contributed by atoms with van der Waals surface area (Å²) in [6, 6.07) is 7.06. The van der Waals surface area contributed by atoms with Crippen LogP contribution in [0, 0.1) is 6.92 Å². The van der Waals surface area contributed by atoms with Gasteiger partial charge in [-0.1, -0.05) is 23.7 Å². The Balaban J connectivity index is 1.62.